The highest BCUT2D eigenvalue weighted by molar-refractivity contribution is 6.05. The van der Waals surface area contributed by atoms with E-state index in [-0.39, 0.29) is 11.5 Å². The van der Waals surface area contributed by atoms with Crippen molar-refractivity contribution in [3.05, 3.63) is 71.2 Å². The van der Waals surface area contributed by atoms with E-state index in [1.165, 1.54) is 12.1 Å². The van der Waals surface area contributed by atoms with Crippen molar-refractivity contribution in [1.29, 1.82) is 0 Å². The summed E-state index contributed by atoms with van der Waals surface area (Å²) in [7, 11) is 0. The van der Waals surface area contributed by atoms with Gasteiger partial charge < -0.3 is 10.6 Å². The highest BCUT2D eigenvalue weighted by atomic mass is 19.1. The maximum atomic E-state index is 13.6. The van der Waals surface area contributed by atoms with Gasteiger partial charge in [-0.15, -0.1) is 0 Å². The maximum Gasteiger partial charge on any atom is 0.255 e. The van der Waals surface area contributed by atoms with Gasteiger partial charge in [0.05, 0.1) is 5.69 Å². The number of allylic oxidation sites excluding steroid dienone is 2. The van der Waals surface area contributed by atoms with E-state index in [9.17, 15) is 14.0 Å². The van der Waals surface area contributed by atoms with Gasteiger partial charge in [0.25, 0.3) is 5.91 Å². The molecule has 0 aliphatic heterocycles. The van der Waals surface area contributed by atoms with Crippen LogP contribution in [0.4, 0.5) is 15.8 Å². The van der Waals surface area contributed by atoms with E-state index in [0.717, 1.165) is 17.0 Å². The molecule has 1 aliphatic carbocycles. The van der Waals surface area contributed by atoms with E-state index in [4.69, 9.17) is 0 Å². The van der Waals surface area contributed by atoms with Crippen LogP contribution in [0.15, 0.2) is 59.8 Å². The minimum Gasteiger partial charge on any atom is -0.359 e. The van der Waals surface area contributed by atoms with Crippen LogP contribution in [-0.4, -0.2) is 11.7 Å². The van der Waals surface area contributed by atoms with Crippen LogP contribution in [0, 0.1) is 5.82 Å². The Balaban J connectivity index is 1.77. The van der Waals surface area contributed by atoms with Crippen LogP contribution in [0.25, 0.3) is 0 Å². The molecule has 0 spiro atoms. The Labute approximate surface area is 139 Å². The largest absolute Gasteiger partial charge is 0.359 e. The summed E-state index contributed by atoms with van der Waals surface area (Å²) in [6.07, 6.45) is 1.19. The standard InChI is InChI=1S/C19H17FN2O2/c1-12-16(9-10-18(12)23)21-14-6-4-5-13(11-14)19(24)22-17-8-3-2-7-15(17)20/h2-8,11,21H,9-10H2,1H3,(H,22,24). The molecule has 2 aromatic rings. The fraction of sp³-hybridized carbons (Fsp3) is 0.158. The number of hydrogen-bond acceptors (Lipinski definition) is 3. The second-order valence-electron chi connectivity index (χ2n) is 5.67. The van der Waals surface area contributed by atoms with Crippen molar-refractivity contribution in [1.82, 2.24) is 0 Å². The van der Waals surface area contributed by atoms with Gasteiger partial charge in [-0.3, -0.25) is 9.59 Å². The second-order valence-corrected chi connectivity index (χ2v) is 5.67. The van der Waals surface area contributed by atoms with Gasteiger partial charge in [-0.25, -0.2) is 4.39 Å². The predicted molar refractivity (Wildman–Crippen MR) is 91.4 cm³/mol. The fourth-order valence-electron chi connectivity index (χ4n) is 2.61. The van der Waals surface area contributed by atoms with Gasteiger partial charge in [0.2, 0.25) is 0 Å². The van der Waals surface area contributed by atoms with E-state index in [2.05, 4.69) is 10.6 Å². The molecule has 0 bridgehead atoms. The van der Waals surface area contributed by atoms with Gasteiger partial charge in [0.15, 0.2) is 5.78 Å². The van der Waals surface area contributed by atoms with Gasteiger partial charge >= 0.3 is 0 Å². The van der Waals surface area contributed by atoms with Gasteiger partial charge in [0, 0.05) is 28.9 Å². The number of carbonyl (C=O) groups is 2. The van der Waals surface area contributed by atoms with E-state index in [1.54, 1.807) is 37.3 Å². The molecule has 0 fully saturated rings. The fourth-order valence-corrected chi connectivity index (χ4v) is 2.61. The van der Waals surface area contributed by atoms with Crippen LogP contribution in [0.1, 0.15) is 30.1 Å². The first-order chi connectivity index (χ1) is 11.5. The molecule has 0 saturated heterocycles. The molecule has 0 unspecified atom stereocenters. The molecule has 0 radical (unpaired) electrons. The summed E-state index contributed by atoms with van der Waals surface area (Å²) >= 11 is 0. The molecule has 0 aromatic heterocycles. The number of benzene rings is 2. The van der Waals surface area contributed by atoms with Crippen LogP contribution in [0.2, 0.25) is 0 Å². The number of ketones is 1. The Kier molecular flexibility index (Phi) is 4.42. The Hall–Kier alpha value is -2.95. The summed E-state index contributed by atoms with van der Waals surface area (Å²) in [4.78, 5) is 23.9. The highest BCUT2D eigenvalue weighted by Gasteiger charge is 2.19. The lowest BCUT2D eigenvalue weighted by atomic mass is 10.1. The topological polar surface area (TPSA) is 58.2 Å². The van der Waals surface area contributed by atoms with Crippen molar-refractivity contribution >= 4 is 23.1 Å². The lowest BCUT2D eigenvalue weighted by molar-refractivity contribution is -0.114. The number of para-hydroxylation sites is 1. The summed E-state index contributed by atoms with van der Waals surface area (Å²) in [5.74, 6) is -0.728. The molecule has 2 aromatic carbocycles. The zero-order valence-corrected chi connectivity index (χ0v) is 13.2. The minimum absolute atomic E-state index is 0.140. The molecular weight excluding hydrogens is 307 g/mol. The van der Waals surface area contributed by atoms with Gasteiger partial charge in [-0.2, -0.15) is 0 Å². The Morgan fingerprint density at radius 2 is 1.88 bits per heavy atom. The average molecular weight is 324 g/mol. The molecule has 2 N–H and O–H groups in total. The van der Waals surface area contributed by atoms with Crippen molar-refractivity contribution in [2.45, 2.75) is 19.8 Å². The zero-order valence-electron chi connectivity index (χ0n) is 13.2. The molecule has 24 heavy (non-hydrogen) atoms. The molecule has 1 amide bonds. The maximum absolute atomic E-state index is 13.6. The molecule has 0 atom stereocenters. The van der Waals surface area contributed by atoms with Crippen LogP contribution in [-0.2, 0) is 4.79 Å². The summed E-state index contributed by atoms with van der Waals surface area (Å²) in [6, 6.07) is 12.9. The number of Topliss-reactive ketones (excluding diaryl/α,β-unsaturated/α-hetero) is 1. The Morgan fingerprint density at radius 3 is 2.58 bits per heavy atom. The number of amides is 1. The van der Waals surface area contributed by atoms with Crippen LogP contribution < -0.4 is 10.6 Å². The molecule has 3 rings (SSSR count). The summed E-state index contributed by atoms with van der Waals surface area (Å²) in [5.41, 5.74) is 2.88. The van der Waals surface area contributed by atoms with Crippen molar-refractivity contribution in [2.75, 3.05) is 10.6 Å². The SMILES string of the molecule is CC1=C(Nc2cccc(C(=O)Nc3ccccc3F)c2)CCC1=O. The monoisotopic (exact) mass is 324 g/mol. The summed E-state index contributed by atoms with van der Waals surface area (Å²) < 4.78 is 13.6. The molecule has 5 heteroatoms. The van der Waals surface area contributed by atoms with Crippen LogP contribution in [0.3, 0.4) is 0 Å². The van der Waals surface area contributed by atoms with E-state index in [1.807, 2.05) is 6.07 Å². The van der Waals surface area contributed by atoms with Gasteiger partial charge in [0.1, 0.15) is 5.82 Å². The van der Waals surface area contributed by atoms with E-state index < -0.39 is 11.7 Å². The molecular formula is C19H17FN2O2. The summed E-state index contributed by atoms with van der Waals surface area (Å²) in [6.45, 7) is 1.80. The van der Waals surface area contributed by atoms with E-state index in [0.29, 0.717) is 18.4 Å². The molecule has 0 saturated carbocycles. The average Bonchev–Trinajstić information content (AvgIpc) is 2.89. The highest BCUT2D eigenvalue weighted by Crippen LogP contribution is 2.25. The first-order valence-corrected chi connectivity index (χ1v) is 7.70. The first kappa shape index (κ1) is 15.9. The van der Waals surface area contributed by atoms with Gasteiger partial charge in [-0.05, 0) is 43.7 Å². The van der Waals surface area contributed by atoms with Crippen molar-refractivity contribution in [3.8, 4) is 0 Å². The Morgan fingerprint density at radius 1 is 1.08 bits per heavy atom. The third kappa shape index (κ3) is 3.35. The Bertz CT molecular complexity index is 843. The van der Waals surface area contributed by atoms with E-state index >= 15 is 0 Å². The van der Waals surface area contributed by atoms with Crippen molar-refractivity contribution in [3.63, 3.8) is 0 Å². The molecule has 122 valence electrons. The lowest BCUT2D eigenvalue weighted by Gasteiger charge is -2.10. The molecule has 0 heterocycles. The van der Waals surface area contributed by atoms with Crippen molar-refractivity contribution < 1.29 is 14.0 Å². The predicted octanol–water partition coefficient (Wildman–Crippen LogP) is 4.13. The molecule has 4 nitrogen and oxygen atoms in total. The first-order valence-electron chi connectivity index (χ1n) is 7.70. The summed E-state index contributed by atoms with van der Waals surface area (Å²) in [5, 5.41) is 5.75. The zero-order chi connectivity index (χ0) is 17.1. The van der Waals surface area contributed by atoms with Crippen LogP contribution in [0.5, 0.6) is 0 Å². The number of rotatable bonds is 4. The molecule has 1 aliphatic rings. The normalized spacial score (nSPS) is 14.0. The number of hydrogen-bond donors (Lipinski definition) is 2. The van der Waals surface area contributed by atoms with Crippen molar-refractivity contribution in [2.24, 2.45) is 0 Å². The number of halogens is 1. The third-order valence-corrected chi connectivity index (χ3v) is 4.02. The van der Waals surface area contributed by atoms with Gasteiger partial charge in [-0.1, -0.05) is 18.2 Å². The number of nitrogens with one attached hydrogen (secondary N) is 2. The minimum atomic E-state index is -0.481. The number of anilines is 2. The third-order valence-electron chi connectivity index (χ3n) is 4.02. The quantitative estimate of drug-likeness (QED) is 0.889. The second kappa shape index (κ2) is 6.66. The number of carbonyl (C=O) groups excluding carboxylic acids is 2. The van der Waals surface area contributed by atoms with Crippen LogP contribution >= 0.6 is 0 Å². The lowest BCUT2D eigenvalue weighted by Crippen LogP contribution is -2.13. The smallest absolute Gasteiger partial charge is 0.255 e.